The van der Waals surface area contributed by atoms with Crippen molar-refractivity contribution in [2.24, 2.45) is 0 Å². The molecular formula is C13H16BrNO3. The molecule has 98 valence electrons. The number of hydrogen-bond donors (Lipinski definition) is 1. The number of halogens is 1. The Morgan fingerprint density at radius 3 is 2.94 bits per heavy atom. The fourth-order valence-corrected chi connectivity index (χ4v) is 1.67. The van der Waals surface area contributed by atoms with E-state index in [-0.39, 0.29) is 5.97 Å². The standard InChI is InChI=1S/C13H16BrNO3/c1-3-18-13(16)5-4-8-15-12-9-10(17-2)6-7-11(12)14/h4-7,9,15H,3,8H2,1-2H3/b5-4+. The van der Waals surface area contributed by atoms with Crippen LogP contribution < -0.4 is 10.1 Å². The van der Waals surface area contributed by atoms with Gasteiger partial charge in [-0.15, -0.1) is 0 Å². The van der Waals surface area contributed by atoms with Crippen molar-refractivity contribution in [3.63, 3.8) is 0 Å². The zero-order valence-electron chi connectivity index (χ0n) is 10.4. The highest BCUT2D eigenvalue weighted by Crippen LogP contribution is 2.26. The number of methoxy groups -OCH3 is 1. The molecular weight excluding hydrogens is 298 g/mol. The lowest BCUT2D eigenvalue weighted by molar-refractivity contribution is -0.137. The lowest BCUT2D eigenvalue weighted by Gasteiger charge is -2.08. The number of anilines is 1. The van der Waals surface area contributed by atoms with Gasteiger partial charge in [0.05, 0.1) is 19.4 Å². The summed E-state index contributed by atoms with van der Waals surface area (Å²) in [6.07, 6.45) is 3.12. The molecule has 0 unspecified atom stereocenters. The Labute approximate surface area is 115 Å². The first-order valence-corrected chi connectivity index (χ1v) is 6.37. The van der Waals surface area contributed by atoms with E-state index in [2.05, 4.69) is 21.2 Å². The summed E-state index contributed by atoms with van der Waals surface area (Å²) in [4.78, 5) is 11.1. The summed E-state index contributed by atoms with van der Waals surface area (Å²) >= 11 is 3.43. The summed E-state index contributed by atoms with van der Waals surface area (Å²) in [5.41, 5.74) is 0.905. The second-order valence-corrected chi connectivity index (χ2v) is 4.24. The first kappa shape index (κ1) is 14.6. The average Bonchev–Trinajstić information content (AvgIpc) is 2.37. The predicted molar refractivity (Wildman–Crippen MR) is 75.0 cm³/mol. The van der Waals surface area contributed by atoms with Crippen LogP contribution in [0.5, 0.6) is 5.75 Å². The van der Waals surface area contributed by atoms with Gasteiger partial charge in [-0.2, -0.15) is 0 Å². The number of carbonyl (C=O) groups is 1. The van der Waals surface area contributed by atoms with E-state index in [4.69, 9.17) is 9.47 Å². The number of nitrogens with one attached hydrogen (secondary N) is 1. The number of ether oxygens (including phenoxy) is 2. The van der Waals surface area contributed by atoms with Gasteiger partial charge in [-0.25, -0.2) is 4.79 Å². The second kappa shape index (κ2) is 7.76. The van der Waals surface area contributed by atoms with E-state index in [1.54, 1.807) is 20.1 Å². The van der Waals surface area contributed by atoms with Crippen LogP contribution in [0, 0.1) is 0 Å². The van der Waals surface area contributed by atoms with Crippen LogP contribution in [0.25, 0.3) is 0 Å². The minimum absolute atomic E-state index is 0.330. The van der Waals surface area contributed by atoms with Gasteiger partial charge in [0.25, 0.3) is 0 Å². The smallest absolute Gasteiger partial charge is 0.330 e. The summed E-state index contributed by atoms with van der Waals surface area (Å²) in [6.45, 7) is 2.69. The molecule has 1 rings (SSSR count). The Morgan fingerprint density at radius 1 is 1.50 bits per heavy atom. The van der Waals surface area contributed by atoms with Crippen LogP contribution in [0.1, 0.15) is 6.92 Å². The van der Waals surface area contributed by atoms with Gasteiger partial charge in [0.2, 0.25) is 0 Å². The number of hydrogen-bond acceptors (Lipinski definition) is 4. The second-order valence-electron chi connectivity index (χ2n) is 3.38. The Morgan fingerprint density at radius 2 is 2.28 bits per heavy atom. The molecule has 0 saturated heterocycles. The van der Waals surface area contributed by atoms with Crippen LogP contribution in [0.2, 0.25) is 0 Å². The van der Waals surface area contributed by atoms with E-state index in [0.29, 0.717) is 13.2 Å². The first-order chi connectivity index (χ1) is 8.67. The largest absolute Gasteiger partial charge is 0.497 e. The zero-order valence-corrected chi connectivity index (χ0v) is 12.0. The van der Waals surface area contributed by atoms with Gasteiger partial charge in [-0.1, -0.05) is 6.08 Å². The van der Waals surface area contributed by atoms with Crippen molar-refractivity contribution in [2.45, 2.75) is 6.92 Å². The van der Waals surface area contributed by atoms with Crippen molar-refractivity contribution < 1.29 is 14.3 Å². The van der Waals surface area contributed by atoms with Gasteiger partial charge in [0, 0.05) is 23.2 Å². The van der Waals surface area contributed by atoms with E-state index in [9.17, 15) is 4.79 Å². The number of benzene rings is 1. The molecule has 0 aromatic heterocycles. The first-order valence-electron chi connectivity index (χ1n) is 5.58. The SMILES string of the molecule is CCOC(=O)/C=C/CNc1cc(OC)ccc1Br. The van der Waals surface area contributed by atoms with Crippen LogP contribution in [-0.2, 0) is 9.53 Å². The molecule has 1 N–H and O–H groups in total. The Bertz CT molecular complexity index is 432. The molecule has 0 spiro atoms. The molecule has 4 nitrogen and oxygen atoms in total. The van der Waals surface area contributed by atoms with Gasteiger partial charge >= 0.3 is 5.97 Å². The minimum Gasteiger partial charge on any atom is -0.497 e. The molecule has 0 saturated carbocycles. The third-order valence-electron chi connectivity index (χ3n) is 2.12. The van der Waals surface area contributed by atoms with E-state index >= 15 is 0 Å². The van der Waals surface area contributed by atoms with Crippen molar-refractivity contribution in [3.8, 4) is 5.75 Å². The molecule has 0 heterocycles. The van der Waals surface area contributed by atoms with Crippen LogP contribution in [-0.4, -0.2) is 26.2 Å². The molecule has 18 heavy (non-hydrogen) atoms. The molecule has 0 amide bonds. The summed E-state index contributed by atoms with van der Waals surface area (Å²) < 4.78 is 10.8. The van der Waals surface area contributed by atoms with Gasteiger partial charge in [0.15, 0.2) is 0 Å². The quantitative estimate of drug-likeness (QED) is 0.648. The van der Waals surface area contributed by atoms with Crippen molar-refractivity contribution in [2.75, 3.05) is 25.6 Å². The Hall–Kier alpha value is -1.49. The highest BCUT2D eigenvalue weighted by molar-refractivity contribution is 9.10. The fraction of sp³-hybridized carbons (Fsp3) is 0.308. The van der Waals surface area contributed by atoms with Crippen molar-refractivity contribution in [1.29, 1.82) is 0 Å². The predicted octanol–water partition coefficient (Wildman–Crippen LogP) is 2.99. The van der Waals surface area contributed by atoms with Gasteiger partial charge in [0.1, 0.15) is 5.75 Å². The average molecular weight is 314 g/mol. The fourth-order valence-electron chi connectivity index (χ4n) is 1.28. The molecule has 0 aliphatic carbocycles. The minimum atomic E-state index is -0.330. The van der Waals surface area contributed by atoms with Crippen molar-refractivity contribution in [3.05, 3.63) is 34.8 Å². The van der Waals surface area contributed by atoms with E-state index in [1.807, 2.05) is 18.2 Å². The lowest BCUT2D eigenvalue weighted by atomic mass is 10.3. The normalized spacial score (nSPS) is 10.4. The molecule has 1 aromatic rings. The van der Waals surface area contributed by atoms with E-state index in [1.165, 1.54) is 6.08 Å². The highest BCUT2D eigenvalue weighted by atomic mass is 79.9. The summed E-state index contributed by atoms with van der Waals surface area (Å²) in [5.74, 6) is 0.444. The maximum atomic E-state index is 11.1. The van der Waals surface area contributed by atoms with Crippen LogP contribution >= 0.6 is 15.9 Å². The molecule has 0 bridgehead atoms. The lowest BCUT2D eigenvalue weighted by Crippen LogP contribution is -2.03. The highest BCUT2D eigenvalue weighted by Gasteiger charge is 2.00. The molecule has 0 atom stereocenters. The van der Waals surface area contributed by atoms with E-state index < -0.39 is 0 Å². The number of carbonyl (C=O) groups excluding carboxylic acids is 1. The Kier molecular flexibility index (Phi) is 6.28. The number of esters is 1. The molecule has 0 fully saturated rings. The molecule has 0 aliphatic heterocycles. The maximum absolute atomic E-state index is 11.1. The van der Waals surface area contributed by atoms with Crippen LogP contribution in [0.15, 0.2) is 34.8 Å². The summed E-state index contributed by atoms with van der Waals surface area (Å²) in [6, 6.07) is 5.64. The molecule has 5 heteroatoms. The van der Waals surface area contributed by atoms with E-state index in [0.717, 1.165) is 15.9 Å². The van der Waals surface area contributed by atoms with Crippen molar-refractivity contribution in [1.82, 2.24) is 0 Å². The molecule has 0 radical (unpaired) electrons. The van der Waals surface area contributed by atoms with Gasteiger partial charge in [-0.05, 0) is 35.0 Å². The van der Waals surface area contributed by atoms with Crippen LogP contribution in [0.3, 0.4) is 0 Å². The van der Waals surface area contributed by atoms with Crippen molar-refractivity contribution >= 4 is 27.6 Å². The van der Waals surface area contributed by atoms with Gasteiger partial charge < -0.3 is 14.8 Å². The summed E-state index contributed by atoms with van der Waals surface area (Å²) in [5, 5.41) is 3.16. The molecule has 1 aromatic carbocycles. The van der Waals surface area contributed by atoms with Crippen LogP contribution in [0.4, 0.5) is 5.69 Å². The summed E-state index contributed by atoms with van der Waals surface area (Å²) in [7, 11) is 1.62. The van der Waals surface area contributed by atoms with Gasteiger partial charge in [-0.3, -0.25) is 0 Å². The molecule has 0 aliphatic rings. The Balaban J connectivity index is 2.50. The monoisotopic (exact) mass is 313 g/mol. The third kappa shape index (κ3) is 4.79. The number of rotatable bonds is 6. The maximum Gasteiger partial charge on any atom is 0.330 e. The zero-order chi connectivity index (χ0) is 13.4. The third-order valence-corrected chi connectivity index (χ3v) is 2.82. The topological polar surface area (TPSA) is 47.6 Å².